The van der Waals surface area contributed by atoms with Crippen molar-refractivity contribution in [3.63, 3.8) is 0 Å². The first kappa shape index (κ1) is 20.0. The molecule has 130 valence electrons. The zero-order valence-corrected chi connectivity index (χ0v) is 17.0. The van der Waals surface area contributed by atoms with Gasteiger partial charge in [-0.15, -0.1) is 0 Å². The van der Waals surface area contributed by atoms with Crippen LogP contribution in [-0.4, -0.2) is 11.7 Å². The molecule has 0 saturated carbocycles. The molecule has 1 rings (SSSR count). The summed E-state index contributed by atoms with van der Waals surface area (Å²) in [5.74, 6) is 0. The summed E-state index contributed by atoms with van der Waals surface area (Å²) < 4.78 is 0. The molecule has 0 aromatic heterocycles. The lowest BCUT2D eigenvalue weighted by molar-refractivity contribution is 0.136. The van der Waals surface area contributed by atoms with Crippen molar-refractivity contribution in [1.82, 2.24) is 5.32 Å². The average Bonchev–Trinajstić information content (AvgIpc) is 2.45. The summed E-state index contributed by atoms with van der Waals surface area (Å²) in [6.45, 7) is 18.8. The predicted molar refractivity (Wildman–Crippen MR) is 107 cm³/mol. The Morgan fingerprint density at radius 1 is 1.00 bits per heavy atom. The second-order valence-electron chi connectivity index (χ2n) is 8.11. The molecule has 0 aliphatic rings. The fourth-order valence-electron chi connectivity index (χ4n) is 2.38. The SMILES string of the molecule is CCc1cc(C)cc(CC)c1NC(=S)NCC(C)(C)C(C)(C)C. The van der Waals surface area contributed by atoms with E-state index in [0.29, 0.717) is 0 Å². The van der Waals surface area contributed by atoms with E-state index in [1.807, 2.05) is 0 Å². The standard InChI is InChI=1S/C20H34N2S/c1-9-15-11-14(3)12-16(10-2)17(15)22-18(23)21-13-20(7,8)19(4,5)6/h11-12H,9-10,13H2,1-8H3,(H2,21,22,23). The highest BCUT2D eigenvalue weighted by molar-refractivity contribution is 7.80. The van der Waals surface area contributed by atoms with E-state index >= 15 is 0 Å². The quantitative estimate of drug-likeness (QED) is 0.697. The van der Waals surface area contributed by atoms with E-state index < -0.39 is 0 Å². The number of aryl methyl sites for hydroxylation is 3. The van der Waals surface area contributed by atoms with Crippen molar-refractivity contribution in [1.29, 1.82) is 0 Å². The van der Waals surface area contributed by atoms with Gasteiger partial charge in [0.05, 0.1) is 0 Å². The third-order valence-corrected chi connectivity index (χ3v) is 5.41. The molecular weight excluding hydrogens is 300 g/mol. The van der Waals surface area contributed by atoms with Crippen LogP contribution in [0.1, 0.15) is 65.2 Å². The first-order chi connectivity index (χ1) is 10.5. The average molecular weight is 335 g/mol. The summed E-state index contributed by atoms with van der Waals surface area (Å²) in [6.07, 6.45) is 2.01. The van der Waals surface area contributed by atoms with Crippen LogP contribution >= 0.6 is 12.2 Å². The van der Waals surface area contributed by atoms with Crippen LogP contribution in [0.25, 0.3) is 0 Å². The van der Waals surface area contributed by atoms with E-state index in [1.165, 1.54) is 22.4 Å². The lowest BCUT2D eigenvalue weighted by atomic mass is 9.69. The number of hydrogen-bond donors (Lipinski definition) is 2. The fourth-order valence-corrected chi connectivity index (χ4v) is 2.56. The number of anilines is 1. The van der Waals surface area contributed by atoms with E-state index in [9.17, 15) is 0 Å². The van der Waals surface area contributed by atoms with Crippen molar-refractivity contribution in [2.45, 2.75) is 68.2 Å². The first-order valence-corrected chi connectivity index (χ1v) is 9.10. The maximum atomic E-state index is 5.55. The minimum atomic E-state index is 0.160. The number of nitrogens with one attached hydrogen (secondary N) is 2. The summed E-state index contributed by atoms with van der Waals surface area (Å²) in [4.78, 5) is 0. The van der Waals surface area contributed by atoms with Crippen LogP contribution in [-0.2, 0) is 12.8 Å². The summed E-state index contributed by atoms with van der Waals surface area (Å²) in [7, 11) is 0. The summed E-state index contributed by atoms with van der Waals surface area (Å²) >= 11 is 5.55. The van der Waals surface area contributed by atoms with Crippen molar-refractivity contribution >= 4 is 23.0 Å². The Bertz CT molecular complexity index is 528. The molecule has 0 bridgehead atoms. The zero-order valence-electron chi connectivity index (χ0n) is 16.2. The van der Waals surface area contributed by atoms with Gasteiger partial charge in [0.25, 0.3) is 0 Å². The van der Waals surface area contributed by atoms with Crippen molar-refractivity contribution in [2.24, 2.45) is 10.8 Å². The van der Waals surface area contributed by atoms with Crippen LogP contribution in [0.15, 0.2) is 12.1 Å². The first-order valence-electron chi connectivity index (χ1n) is 8.69. The number of benzene rings is 1. The Morgan fingerprint density at radius 3 is 1.87 bits per heavy atom. The lowest BCUT2D eigenvalue weighted by Crippen LogP contribution is -2.43. The predicted octanol–water partition coefficient (Wildman–Crippen LogP) is 5.48. The number of rotatable bonds is 5. The molecule has 0 amide bonds. The topological polar surface area (TPSA) is 24.1 Å². The van der Waals surface area contributed by atoms with Crippen LogP contribution in [0.2, 0.25) is 0 Å². The fraction of sp³-hybridized carbons (Fsp3) is 0.650. The minimum Gasteiger partial charge on any atom is -0.362 e. The summed E-state index contributed by atoms with van der Waals surface area (Å²) in [5, 5.41) is 7.59. The maximum Gasteiger partial charge on any atom is 0.170 e. The molecule has 1 aromatic rings. The summed E-state index contributed by atoms with van der Waals surface area (Å²) in [5.41, 5.74) is 5.56. The highest BCUT2D eigenvalue weighted by Crippen LogP contribution is 2.37. The molecule has 2 nitrogen and oxygen atoms in total. The Hall–Kier alpha value is -1.09. The Morgan fingerprint density at radius 2 is 1.48 bits per heavy atom. The molecule has 0 aliphatic carbocycles. The van der Waals surface area contributed by atoms with E-state index in [1.54, 1.807) is 0 Å². The third-order valence-electron chi connectivity index (χ3n) is 5.17. The van der Waals surface area contributed by atoms with Gasteiger partial charge in [-0.05, 0) is 53.9 Å². The van der Waals surface area contributed by atoms with Crippen LogP contribution in [0, 0.1) is 17.8 Å². The molecule has 0 radical (unpaired) electrons. The molecule has 0 heterocycles. The smallest absolute Gasteiger partial charge is 0.170 e. The van der Waals surface area contributed by atoms with Crippen molar-refractivity contribution < 1.29 is 0 Å². The third kappa shape index (κ3) is 5.20. The van der Waals surface area contributed by atoms with Gasteiger partial charge in [-0.1, -0.05) is 66.2 Å². The monoisotopic (exact) mass is 334 g/mol. The molecule has 23 heavy (non-hydrogen) atoms. The van der Waals surface area contributed by atoms with Crippen molar-refractivity contribution in [3.05, 3.63) is 28.8 Å². The molecule has 3 heteroatoms. The molecule has 0 atom stereocenters. The van der Waals surface area contributed by atoms with Gasteiger partial charge in [0.1, 0.15) is 0 Å². The Kier molecular flexibility index (Phi) is 6.64. The second-order valence-corrected chi connectivity index (χ2v) is 8.52. The highest BCUT2D eigenvalue weighted by Gasteiger charge is 2.32. The van der Waals surface area contributed by atoms with Gasteiger partial charge in [0.2, 0.25) is 0 Å². The molecule has 0 saturated heterocycles. The number of hydrogen-bond acceptors (Lipinski definition) is 1. The van der Waals surface area contributed by atoms with Gasteiger partial charge in [-0.2, -0.15) is 0 Å². The summed E-state index contributed by atoms with van der Waals surface area (Å²) in [6, 6.07) is 4.51. The van der Waals surface area contributed by atoms with Gasteiger partial charge in [-0.3, -0.25) is 0 Å². The normalized spacial score (nSPS) is 12.2. The molecule has 0 spiro atoms. The largest absolute Gasteiger partial charge is 0.362 e. The van der Waals surface area contributed by atoms with Crippen molar-refractivity contribution in [2.75, 3.05) is 11.9 Å². The van der Waals surface area contributed by atoms with Gasteiger partial charge < -0.3 is 10.6 Å². The molecule has 0 unspecified atom stereocenters. The Balaban J connectivity index is 2.86. The van der Waals surface area contributed by atoms with Crippen LogP contribution in [0.3, 0.4) is 0 Å². The molecule has 2 N–H and O–H groups in total. The van der Waals surface area contributed by atoms with Gasteiger partial charge >= 0.3 is 0 Å². The van der Waals surface area contributed by atoms with E-state index in [0.717, 1.165) is 24.5 Å². The second kappa shape index (κ2) is 7.65. The molecule has 0 fully saturated rings. The Labute approximate surface area is 148 Å². The number of thiocarbonyl (C=S) groups is 1. The van der Waals surface area contributed by atoms with E-state index in [2.05, 4.69) is 78.2 Å². The van der Waals surface area contributed by atoms with Crippen molar-refractivity contribution in [3.8, 4) is 0 Å². The maximum absolute atomic E-state index is 5.55. The van der Waals surface area contributed by atoms with Crippen LogP contribution in [0.4, 0.5) is 5.69 Å². The zero-order chi connectivity index (χ0) is 17.8. The molecular formula is C20H34N2S. The van der Waals surface area contributed by atoms with Crippen LogP contribution in [0.5, 0.6) is 0 Å². The highest BCUT2D eigenvalue weighted by atomic mass is 32.1. The van der Waals surface area contributed by atoms with Gasteiger partial charge in [0.15, 0.2) is 5.11 Å². The molecule has 0 aliphatic heterocycles. The van der Waals surface area contributed by atoms with E-state index in [4.69, 9.17) is 12.2 Å². The minimum absolute atomic E-state index is 0.160. The van der Waals surface area contributed by atoms with Crippen LogP contribution < -0.4 is 10.6 Å². The van der Waals surface area contributed by atoms with E-state index in [-0.39, 0.29) is 10.8 Å². The van der Waals surface area contributed by atoms with Gasteiger partial charge in [-0.25, -0.2) is 0 Å². The molecule has 1 aromatic carbocycles. The van der Waals surface area contributed by atoms with Gasteiger partial charge in [0, 0.05) is 12.2 Å². The lowest BCUT2D eigenvalue weighted by Gasteiger charge is -2.39.